The van der Waals surface area contributed by atoms with Crippen LogP contribution >= 0.6 is 11.3 Å². The average molecular weight is 537 g/mol. The second kappa shape index (κ2) is 10.3. The first-order valence-electron chi connectivity index (χ1n) is 12.5. The van der Waals surface area contributed by atoms with Crippen molar-refractivity contribution in [1.29, 1.82) is 0 Å². The van der Waals surface area contributed by atoms with Crippen LogP contribution in [-0.4, -0.2) is 25.4 Å². The molecular weight excluding hydrogens is 511 g/mol. The van der Waals surface area contributed by atoms with Crippen molar-refractivity contribution < 1.29 is 9.18 Å². The zero-order valence-electron chi connectivity index (χ0n) is 21.4. The fraction of sp³-hybridized carbons (Fsp3) is 0.133. The summed E-state index contributed by atoms with van der Waals surface area (Å²) in [7, 11) is 1.99. The SMILES string of the molecule is Cc1ccc(CNC(=O)c2cccnc2NCc2ccc(-c3ccc4ncc5ncn(C)c5c4c3)s2)cc1F. The molecule has 0 bridgehead atoms. The number of pyridine rings is 2. The van der Waals surface area contributed by atoms with Crippen molar-refractivity contribution in [1.82, 2.24) is 24.8 Å². The number of rotatable bonds is 7. The Bertz CT molecular complexity index is 1840. The van der Waals surface area contributed by atoms with Gasteiger partial charge in [0.25, 0.3) is 5.91 Å². The van der Waals surface area contributed by atoms with Gasteiger partial charge in [-0.1, -0.05) is 18.2 Å². The van der Waals surface area contributed by atoms with Gasteiger partial charge in [-0.05, 0) is 66.1 Å². The first-order valence-corrected chi connectivity index (χ1v) is 13.3. The third-order valence-corrected chi connectivity index (χ3v) is 7.80. The lowest BCUT2D eigenvalue weighted by atomic mass is 10.1. The molecule has 194 valence electrons. The van der Waals surface area contributed by atoms with Gasteiger partial charge in [0.1, 0.15) is 17.2 Å². The summed E-state index contributed by atoms with van der Waals surface area (Å²) < 4.78 is 15.9. The quantitative estimate of drug-likeness (QED) is 0.253. The smallest absolute Gasteiger partial charge is 0.255 e. The lowest BCUT2D eigenvalue weighted by Gasteiger charge is -2.11. The van der Waals surface area contributed by atoms with E-state index in [0.717, 1.165) is 37.3 Å². The number of aromatic nitrogens is 4. The molecule has 9 heteroatoms. The van der Waals surface area contributed by atoms with E-state index in [2.05, 4.69) is 49.9 Å². The maximum absolute atomic E-state index is 13.9. The van der Waals surface area contributed by atoms with Crippen LogP contribution in [0.4, 0.5) is 10.2 Å². The lowest BCUT2D eigenvalue weighted by Crippen LogP contribution is -2.24. The van der Waals surface area contributed by atoms with Crippen molar-refractivity contribution >= 4 is 45.0 Å². The van der Waals surface area contributed by atoms with Gasteiger partial charge in [0.15, 0.2) is 0 Å². The number of nitrogens with one attached hydrogen (secondary N) is 2. The van der Waals surface area contributed by atoms with Crippen molar-refractivity contribution in [3.63, 3.8) is 0 Å². The van der Waals surface area contributed by atoms with Gasteiger partial charge < -0.3 is 15.2 Å². The van der Waals surface area contributed by atoms with Gasteiger partial charge >= 0.3 is 0 Å². The number of imidazole rings is 1. The summed E-state index contributed by atoms with van der Waals surface area (Å²) in [6.07, 6.45) is 5.26. The highest BCUT2D eigenvalue weighted by Gasteiger charge is 2.14. The molecule has 0 unspecified atom stereocenters. The Kier molecular flexibility index (Phi) is 6.50. The molecule has 0 atom stereocenters. The van der Waals surface area contributed by atoms with Crippen molar-refractivity contribution in [2.45, 2.75) is 20.0 Å². The van der Waals surface area contributed by atoms with E-state index in [-0.39, 0.29) is 18.3 Å². The van der Waals surface area contributed by atoms with E-state index in [1.165, 1.54) is 6.07 Å². The Labute approximate surface area is 228 Å². The molecule has 0 spiro atoms. The highest BCUT2D eigenvalue weighted by molar-refractivity contribution is 7.15. The summed E-state index contributed by atoms with van der Waals surface area (Å²) in [6, 6.07) is 18.9. The molecule has 0 aliphatic rings. The summed E-state index contributed by atoms with van der Waals surface area (Å²) in [5.41, 5.74) is 5.69. The number of hydrogen-bond acceptors (Lipinski definition) is 6. The monoisotopic (exact) mass is 536 g/mol. The van der Waals surface area contributed by atoms with Crippen molar-refractivity contribution in [3.8, 4) is 10.4 Å². The van der Waals surface area contributed by atoms with E-state index >= 15 is 0 Å². The number of carbonyl (C=O) groups excluding carboxylic acids is 1. The van der Waals surface area contributed by atoms with Crippen LogP contribution in [0, 0.1) is 12.7 Å². The predicted octanol–water partition coefficient (Wildman–Crippen LogP) is 6.23. The van der Waals surface area contributed by atoms with Gasteiger partial charge in [0.2, 0.25) is 0 Å². The fourth-order valence-corrected chi connectivity index (χ4v) is 5.49. The molecule has 2 aromatic carbocycles. The Morgan fingerprint density at radius 2 is 1.90 bits per heavy atom. The largest absolute Gasteiger partial charge is 0.365 e. The Balaban J connectivity index is 1.17. The number of thiophene rings is 1. The van der Waals surface area contributed by atoms with Gasteiger partial charge in [-0.25, -0.2) is 14.4 Å². The number of nitrogens with zero attached hydrogens (tertiary/aromatic N) is 4. The summed E-state index contributed by atoms with van der Waals surface area (Å²) >= 11 is 1.68. The van der Waals surface area contributed by atoms with Gasteiger partial charge in [0.05, 0.1) is 35.7 Å². The molecule has 39 heavy (non-hydrogen) atoms. The molecular formula is C30H25FN6OS. The third-order valence-electron chi connectivity index (χ3n) is 6.66. The van der Waals surface area contributed by atoms with E-state index in [4.69, 9.17) is 0 Å². The summed E-state index contributed by atoms with van der Waals surface area (Å²) in [4.78, 5) is 28.5. The van der Waals surface area contributed by atoms with Crippen LogP contribution in [0.25, 0.3) is 32.4 Å². The van der Waals surface area contributed by atoms with Crippen LogP contribution in [0.15, 0.2) is 79.4 Å². The molecule has 0 aliphatic carbocycles. The Morgan fingerprint density at radius 3 is 2.77 bits per heavy atom. The molecule has 7 nitrogen and oxygen atoms in total. The Hall–Kier alpha value is -4.63. The first kappa shape index (κ1) is 24.7. The number of anilines is 1. The van der Waals surface area contributed by atoms with E-state index in [1.54, 1.807) is 54.9 Å². The van der Waals surface area contributed by atoms with Crippen molar-refractivity contribution in [2.24, 2.45) is 7.05 Å². The molecule has 6 aromatic rings. The molecule has 0 saturated carbocycles. The fourth-order valence-electron chi connectivity index (χ4n) is 4.55. The number of aryl methyl sites for hydroxylation is 2. The van der Waals surface area contributed by atoms with E-state index in [9.17, 15) is 9.18 Å². The minimum atomic E-state index is -0.286. The van der Waals surface area contributed by atoms with Crippen LogP contribution in [0.5, 0.6) is 0 Å². The topological polar surface area (TPSA) is 84.7 Å². The third kappa shape index (κ3) is 4.96. The zero-order valence-corrected chi connectivity index (χ0v) is 22.2. The number of amides is 1. The molecule has 4 heterocycles. The minimum absolute atomic E-state index is 0.227. The molecule has 2 N–H and O–H groups in total. The summed E-state index contributed by atoms with van der Waals surface area (Å²) in [5.74, 6) is -0.0634. The minimum Gasteiger partial charge on any atom is -0.365 e. The Morgan fingerprint density at radius 1 is 1.00 bits per heavy atom. The van der Waals surface area contributed by atoms with Gasteiger partial charge in [-0.3, -0.25) is 9.78 Å². The number of halogens is 1. The van der Waals surface area contributed by atoms with E-state index < -0.39 is 0 Å². The average Bonchev–Trinajstić information content (AvgIpc) is 3.59. The summed E-state index contributed by atoms with van der Waals surface area (Å²) in [6.45, 7) is 2.46. The zero-order chi connectivity index (χ0) is 26.9. The standard InChI is InChI=1S/C30H25FN6OS/c1-18-5-6-19(12-24(18)31)14-35-30(38)22-4-3-11-32-29(22)34-15-21-8-10-27(39-21)20-7-9-25-23(13-20)28-26(16-33-25)36-17-37(28)2/h3-13,16-17H,14-15H2,1-2H3,(H,32,34)(H,35,38). The number of fused-ring (bicyclic) bond motifs is 3. The highest BCUT2D eigenvalue weighted by Crippen LogP contribution is 2.32. The van der Waals surface area contributed by atoms with Crippen LogP contribution in [-0.2, 0) is 20.1 Å². The van der Waals surface area contributed by atoms with E-state index in [1.807, 2.05) is 24.0 Å². The molecule has 0 saturated heterocycles. The molecule has 6 rings (SSSR count). The molecule has 4 aromatic heterocycles. The number of benzene rings is 2. The molecule has 0 radical (unpaired) electrons. The van der Waals surface area contributed by atoms with Gasteiger partial charge in [0, 0.05) is 34.9 Å². The normalized spacial score (nSPS) is 11.3. The second-order valence-corrected chi connectivity index (χ2v) is 10.5. The summed E-state index contributed by atoms with van der Waals surface area (Å²) in [5, 5.41) is 7.23. The van der Waals surface area contributed by atoms with Crippen molar-refractivity contribution in [2.75, 3.05) is 5.32 Å². The predicted molar refractivity (Wildman–Crippen MR) is 153 cm³/mol. The van der Waals surface area contributed by atoms with Crippen LogP contribution in [0.2, 0.25) is 0 Å². The van der Waals surface area contributed by atoms with Gasteiger partial charge in [-0.15, -0.1) is 11.3 Å². The van der Waals surface area contributed by atoms with Crippen molar-refractivity contribution in [3.05, 3.63) is 107 Å². The molecule has 1 amide bonds. The van der Waals surface area contributed by atoms with E-state index in [0.29, 0.717) is 29.1 Å². The number of hydrogen-bond donors (Lipinski definition) is 2. The van der Waals surface area contributed by atoms with Crippen LogP contribution in [0.1, 0.15) is 26.4 Å². The first-order chi connectivity index (χ1) is 19.0. The maximum atomic E-state index is 13.9. The highest BCUT2D eigenvalue weighted by atomic mass is 32.1. The maximum Gasteiger partial charge on any atom is 0.255 e. The van der Waals surface area contributed by atoms with Crippen LogP contribution < -0.4 is 10.6 Å². The van der Waals surface area contributed by atoms with Gasteiger partial charge in [-0.2, -0.15) is 0 Å². The second-order valence-electron chi connectivity index (χ2n) is 9.36. The lowest BCUT2D eigenvalue weighted by molar-refractivity contribution is 0.0951. The molecule has 0 fully saturated rings. The number of carbonyl (C=O) groups is 1. The molecule has 0 aliphatic heterocycles. The van der Waals surface area contributed by atoms with Crippen LogP contribution in [0.3, 0.4) is 0 Å².